The van der Waals surface area contributed by atoms with E-state index in [2.05, 4.69) is 0 Å². The number of allylic oxidation sites excluding steroid dienone is 2. The van der Waals surface area contributed by atoms with Gasteiger partial charge in [0.2, 0.25) is 11.6 Å². The highest BCUT2D eigenvalue weighted by atomic mass is 35.5. The Hall–Kier alpha value is -3.25. The first-order chi connectivity index (χ1) is 11.9. The average Bonchev–Trinajstić information content (AvgIpc) is 2.80. The molecule has 7 heteroatoms. The second-order valence-corrected chi connectivity index (χ2v) is 5.68. The van der Waals surface area contributed by atoms with E-state index in [4.69, 9.17) is 11.6 Å². The van der Waals surface area contributed by atoms with Crippen molar-refractivity contribution in [3.8, 4) is 0 Å². The number of aliphatic hydroxyl groups excluding tert-OH is 1. The van der Waals surface area contributed by atoms with E-state index in [-0.39, 0.29) is 27.4 Å². The van der Waals surface area contributed by atoms with Crippen molar-refractivity contribution in [2.45, 2.75) is 0 Å². The van der Waals surface area contributed by atoms with E-state index in [0.717, 1.165) is 0 Å². The lowest BCUT2D eigenvalue weighted by Gasteiger charge is -2.01. The standard InChI is InChI=1S/C18H10ClNO5/c19-13-7-6-10(9-14(13)20(24)25)8-12-16(21)15(18(23)17(12)22)11-4-2-1-3-5-11/h1-9,21H. The summed E-state index contributed by atoms with van der Waals surface area (Å²) in [7, 11) is 0. The lowest BCUT2D eigenvalue weighted by atomic mass is 10.0. The Morgan fingerprint density at radius 2 is 1.72 bits per heavy atom. The van der Waals surface area contributed by atoms with E-state index in [1.54, 1.807) is 30.3 Å². The molecule has 0 aromatic heterocycles. The number of rotatable bonds is 3. The second kappa shape index (κ2) is 6.33. The Balaban J connectivity index is 2.11. The van der Waals surface area contributed by atoms with Crippen molar-refractivity contribution >= 4 is 40.5 Å². The van der Waals surface area contributed by atoms with Crippen LogP contribution in [0, 0.1) is 10.1 Å². The Morgan fingerprint density at radius 3 is 2.36 bits per heavy atom. The largest absolute Gasteiger partial charge is 0.506 e. The molecule has 0 radical (unpaired) electrons. The van der Waals surface area contributed by atoms with Crippen molar-refractivity contribution in [2.75, 3.05) is 0 Å². The fourth-order valence-electron chi connectivity index (χ4n) is 2.52. The fraction of sp³-hybridized carbons (Fsp3) is 0. The molecule has 0 fully saturated rings. The van der Waals surface area contributed by atoms with Crippen LogP contribution in [-0.4, -0.2) is 21.6 Å². The third-order valence-electron chi connectivity index (χ3n) is 3.71. The van der Waals surface area contributed by atoms with Crippen LogP contribution in [0.5, 0.6) is 0 Å². The number of ketones is 2. The zero-order valence-electron chi connectivity index (χ0n) is 12.6. The molecule has 0 saturated heterocycles. The quantitative estimate of drug-likeness (QED) is 0.391. The first-order valence-electron chi connectivity index (χ1n) is 7.14. The third kappa shape index (κ3) is 2.95. The van der Waals surface area contributed by atoms with Crippen molar-refractivity contribution in [2.24, 2.45) is 0 Å². The predicted octanol–water partition coefficient (Wildman–Crippen LogP) is 3.75. The van der Waals surface area contributed by atoms with Gasteiger partial charge in [0.15, 0.2) is 0 Å². The van der Waals surface area contributed by atoms with Crippen LogP contribution < -0.4 is 0 Å². The molecule has 25 heavy (non-hydrogen) atoms. The summed E-state index contributed by atoms with van der Waals surface area (Å²) in [5.74, 6) is -2.13. The summed E-state index contributed by atoms with van der Waals surface area (Å²) in [6, 6.07) is 12.2. The van der Waals surface area contributed by atoms with Gasteiger partial charge in [-0.15, -0.1) is 0 Å². The van der Waals surface area contributed by atoms with Gasteiger partial charge in [-0.3, -0.25) is 19.7 Å². The lowest BCUT2D eigenvalue weighted by molar-refractivity contribution is -0.384. The fourth-order valence-corrected chi connectivity index (χ4v) is 2.70. The molecule has 0 atom stereocenters. The summed E-state index contributed by atoms with van der Waals surface area (Å²) in [4.78, 5) is 34.7. The van der Waals surface area contributed by atoms with Crippen molar-refractivity contribution < 1.29 is 19.6 Å². The van der Waals surface area contributed by atoms with Crippen LogP contribution in [0.25, 0.3) is 11.6 Å². The van der Waals surface area contributed by atoms with Gasteiger partial charge in [0.25, 0.3) is 5.69 Å². The van der Waals surface area contributed by atoms with Crippen LogP contribution in [0.15, 0.2) is 59.9 Å². The van der Waals surface area contributed by atoms with Crippen LogP contribution in [0.3, 0.4) is 0 Å². The zero-order chi connectivity index (χ0) is 18.1. The monoisotopic (exact) mass is 355 g/mol. The summed E-state index contributed by atoms with van der Waals surface area (Å²) in [5, 5.41) is 21.2. The molecule has 6 nitrogen and oxygen atoms in total. The molecular formula is C18H10ClNO5. The normalized spacial score (nSPS) is 16.0. The molecule has 0 aliphatic heterocycles. The molecule has 0 unspecified atom stereocenters. The Morgan fingerprint density at radius 1 is 1.04 bits per heavy atom. The summed E-state index contributed by atoms with van der Waals surface area (Å²) < 4.78 is 0. The minimum Gasteiger partial charge on any atom is -0.506 e. The minimum absolute atomic E-state index is 0.0503. The number of Topliss-reactive ketones (excluding diaryl/α,β-unsaturated/α-hetero) is 2. The third-order valence-corrected chi connectivity index (χ3v) is 4.03. The van der Waals surface area contributed by atoms with Crippen molar-refractivity contribution in [1.29, 1.82) is 0 Å². The molecule has 124 valence electrons. The van der Waals surface area contributed by atoms with Crippen LogP contribution in [0.4, 0.5) is 5.69 Å². The van der Waals surface area contributed by atoms with E-state index in [0.29, 0.717) is 5.56 Å². The van der Waals surface area contributed by atoms with Gasteiger partial charge in [-0.25, -0.2) is 0 Å². The zero-order valence-corrected chi connectivity index (χ0v) is 13.4. The topological polar surface area (TPSA) is 97.5 Å². The molecule has 0 spiro atoms. The van der Waals surface area contributed by atoms with E-state index >= 15 is 0 Å². The summed E-state index contributed by atoms with van der Waals surface area (Å²) in [6.07, 6.45) is 1.23. The molecule has 0 bridgehead atoms. The van der Waals surface area contributed by atoms with E-state index in [9.17, 15) is 24.8 Å². The number of halogens is 1. The molecule has 0 heterocycles. The van der Waals surface area contributed by atoms with Gasteiger partial charge in [-0.1, -0.05) is 48.0 Å². The van der Waals surface area contributed by atoms with E-state index in [1.807, 2.05) is 0 Å². The SMILES string of the molecule is O=C1C(=O)C(c2ccccc2)=C(O)C1=Cc1ccc(Cl)c([N+](=O)[O-])c1. The molecule has 0 amide bonds. The summed E-state index contributed by atoms with van der Waals surface area (Å²) >= 11 is 5.75. The molecule has 1 aliphatic rings. The highest BCUT2D eigenvalue weighted by molar-refractivity contribution is 6.63. The highest BCUT2D eigenvalue weighted by Crippen LogP contribution is 2.33. The molecule has 3 rings (SSSR count). The van der Waals surface area contributed by atoms with Crippen LogP contribution >= 0.6 is 11.6 Å². The Labute approximate surface area is 146 Å². The van der Waals surface area contributed by atoms with Crippen molar-refractivity contribution in [3.63, 3.8) is 0 Å². The number of aliphatic hydroxyl groups is 1. The first kappa shape index (κ1) is 16.6. The van der Waals surface area contributed by atoms with Crippen molar-refractivity contribution in [3.05, 3.63) is 86.1 Å². The summed E-state index contributed by atoms with van der Waals surface area (Å²) in [6.45, 7) is 0. The maximum atomic E-state index is 12.2. The molecule has 2 aromatic rings. The number of benzene rings is 2. The number of nitrogens with zero attached hydrogens (tertiary/aromatic N) is 1. The first-order valence-corrected chi connectivity index (χ1v) is 7.51. The second-order valence-electron chi connectivity index (χ2n) is 5.27. The Kier molecular flexibility index (Phi) is 4.21. The predicted molar refractivity (Wildman–Crippen MR) is 92.1 cm³/mol. The highest BCUT2D eigenvalue weighted by Gasteiger charge is 2.37. The average molecular weight is 356 g/mol. The number of hydrogen-bond acceptors (Lipinski definition) is 5. The Bertz CT molecular complexity index is 976. The number of carbonyl (C=O) groups is 2. The number of nitro benzene ring substituents is 1. The van der Waals surface area contributed by atoms with Crippen LogP contribution in [0.2, 0.25) is 5.02 Å². The maximum Gasteiger partial charge on any atom is 0.288 e. The van der Waals surface area contributed by atoms with Gasteiger partial charge < -0.3 is 5.11 Å². The van der Waals surface area contributed by atoms with Gasteiger partial charge in [-0.05, 0) is 23.3 Å². The van der Waals surface area contributed by atoms with Gasteiger partial charge in [0.1, 0.15) is 10.8 Å². The molecule has 2 aromatic carbocycles. The van der Waals surface area contributed by atoms with Gasteiger partial charge in [0.05, 0.1) is 16.1 Å². The number of hydrogen-bond donors (Lipinski definition) is 1. The molecule has 1 N–H and O–H groups in total. The molecular weight excluding hydrogens is 346 g/mol. The van der Waals surface area contributed by atoms with Crippen LogP contribution in [0.1, 0.15) is 11.1 Å². The van der Waals surface area contributed by atoms with Crippen LogP contribution in [-0.2, 0) is 9.59 Å². The van der Waals surface area contributed by atoms with Gasteiger partial charge >= 0.3 is 0 Å². The lowest BCUT2D eigenvalue weighted by Crippen LogP contribution is -2.09. The molecule has 0 saturated carbocycles. The van der Waals surface area contributed by atoms with E-state index < -0.39 is 22.2 Å². The van der Waals surface area contributed by atoms with Gasteiger partial charge in [-0.2, -0.15) is 0 Å². The smallest absolute Gasteiger partial charge is 0.288 e. The van der Waals surface area contributed by atoms with E-state index in [1.165, 1.54) is 24.3 Å². The summed E-state index contributed by atoms with van der Waals surface area (Å²) in [5.41, 5.74) is 0.0669. The van der Waals surface area contributed by atoms with Gasteiger partial charge in [0, 0.05) is 6.07 Å². The van der Waals surface area contributed by atoms with Crippen molar-refractivity contribution in [1.82, 2.24) is 0 Å². The number of nitro groups is 1. The number of carbonyl (C=O) groups excluding carboxylic acids is 2. The maximum absolute atomic E-state index is 12.2. The molecule has 1 aliphatic carbocycles. The minimum atomic E-state index is -0.867.